The van der Waals surface area contributed by atoms with E-state index in [2.05, 4.69) is 9.71 Å². The summed E-state index contributed by atoms with van der Waals surface area (Å²) in [6.07, 6.45) is 2.43. The van der Waals surface area contributed by atoms with Crippen LogP contribution < -0.4 is 4.72 Å². The van der Waals surface area contributed by atoms with Crippen molar-refractivity contribution in [1.29, 1.82) is 0 Å². The van der Waals surface area contributed by atoms with E-state index in [9.17, 15) is 8.42 Å². The number of aromatic nitrogens is 2. The molecule has 0 amide bonds. The molecule has 0 saturated carbocycles. The molecule has 5 nitrogen and oxygen atoms in total. The number of aryl methyl sites for hydroxylation is 2. The predicted molar refractivity (Wildman–Crippen MR) is 87.3 cm³/mol. The van der Waals surface area contributed by atoms with Crippen molar-refractivity contribution in [3.63, 3.8) is 0 Å². The number of para-hydroxylation sites is 1. The van der Waals surface area contributed by atoms with Crippen LogP contribution in [0.5, 0.6) is 0 Å². The summed E-state index contributed by atoms with van der Waals surface area (Å²) in [7, 11) is -1.75. The Morgan fingerprint density at radius 1 is 1.18 bits per heavy atom. The van der Waals surface area contributed by atoms with Crippen molar-refractivity contribution >= 4 is 26.7 Å². The molecule has 0 aliphatic heterocycles. The van der Waals surface area contributed by atoms with Gasteiger partial charge in [-0.25, -0.2) is 13.4 Å². The Labute approximate surface area is 129 Å². The molecule has 6 heteroatoms. The lowest BCUT2D eigenvalue weighted by Crippen LogP contribution is -2.14. The molecule has 0 atom stereocenters. The predicted octanol–water partition coefficient (Wildman–Crippen LogP) is 2.94. The van der Waals surface area contributed by atoms with E-state index in [1.165, 1.54) is 0 Å². The number of imidazole rings is 1. The summed E-state index contributed by atoms with van der Waals surface area (Å²) in [6.45, 7) is 1.99. The van der Waals surface area contributed by atoms with E-state index >= 15 is 0 Å². The van der Waals surface area contributed by atoms with Gasteiger partial charge in [0.25, 0.3) is 10.0 Å². The molecule has 1 N–H and O–H groups in total. The Morgan fingerprint density at radius 3 is 2.73 bits per heavy atom. The number of sulfonamides is 1. The fourth-order valence-electron chi connectivity index (χ4n) is 2.41. The Morgan fingerprint density at radius 2 is 1.95 bits per heavy atom. The molecule has 0 aliphatic carbocycles. The molecule has 0 fully saturated rings. The number of fused-ring (bicyclic) bond motifs is 1. The van der Waals surface area contributed by atoms with E-state index in [1.54, 1.807) is 30.6 Å². The highest BCUT2D eigenvalue weighted by molar-refractivity contribution is 7.92. The van der Waals surface area contributed by atoms with Crippen LogP contribution in [0.3, 0.4) is 0 Å². The molecule has 0 aliphatic rings. The van der Waals surface area contributed by atoms with E-state index in [4.69, 9.17) is 0 Å². The minimum atomic E-state index is -3.63. The molecule has 1 aromatic heterocycles. The van der Waals surface area contributed by atoms with Crippen LogP contribution >= 0.6 is 0 Å². The number of benzene rings is 2. The van der Waals surface area contributed by atoms with Gasteiger partial charge in [0.1, 0.15) is 0 Å². The monoisotopic (exact) mass is 315 g/mol. The highest BCUT2D eigenvalue weighted by atomic mass is 32.2. The Balaban J connectivity index is 2.00. The van der Waals surface area contributed by atoms with Crippen molar-refractivity contribution in [3.05, 3.63) is 54.4 Å². The number of anilines is 1. The quantitative estimate of drug-likeness (QED) is 0.805. The van der Waals surface area contributed by atoms with Gasteiger partial charge in [-0.1, -0.05) is 25.1 Å². The number of rotatable bonds is 4. The first-order valence-electron chi connectivity index (χ1n) is 7.03. The maximum atomic E-state index is 12.6. The normalized spacial score (nSPS) is 11.7. The first kappa shape index (κ1) is 14.6. The van der Waals surface area contributed by atoms with Gasteiger partial charge >= 0.3 is 0 Å². The molecular formula is C16H17N3O2S. The topological polar surface area (TPSA) is 64.0 Å². The van der Waals surface area contributed by atoms with Gasteiger partial charge < -0.3 is 4.57 Å². The molecule has 114 valence electrons. The average Bonchev–Trinajstić information content (AvgIpc) is 2.88. The molecule has 0 spiro atoms. The van der Waals surface area contributed by atoms with Crippen molar-refractivity contribution in [2.75, 3.05) is 4.72 Å². The molecular weight excluding hydrogens is 298 g/mol. The molecule has 0 saturated heterocycles. The zero-order valence-corrected chi connectivity index (χ0v) is 13.3. The summed E-state index contributed by atoms with van der Waals surface area (Å²) < 4.78 is 29.7. The van der Waals surface area contributed by atoms with Crippen molar-refractivity contribution in [3.8, 4) is 0 Å². The van der Waals surface area contributed by atoms with Crippen molar-refractivity contribution in [2.45, 2.75) is 18.2 Å². The second kappa shape index (κ2) is 5.46. The summed E-state index contributed by atoms with van der Waals surface area (Å²) in [5.74, 6) is 0. The molecule has 1 heterocycles. The van der Waals surface area contributed by atoms with E-state index in [-0.39, 0.29) is 4.90 Å². The van der Waals surface area contributed by atoms with Crippen molar-refractivity contribution in [1.82, 2.24) is 9.55 Å². The van der Waals surface area contributed by atoms with Gasteiger partial charge in [0, 0.05) is 7.05 Å². The Bertz CT molecular complexity index is 929. The Kier molecular flexibility index (Phi) is 3.62. The minimum Gasteiger partial charge on any atom is -0.334 e. The second-order valence-electron chi connectivity index (χ2n) is 5.12. The molecule has 2 aromatic carbocycles. The lowest BCUT2D eigenvalue weighted by molar-refractivity contribution is 0.601. The van der Waals surface area contributed by atoms with Crippen LogP contribution in [-0.2, 0) is 23.5 Å². The van der Waals surface area contributed by atoms with Crippen LogP contribution in [0, 0.1) is 0 Å². The van der Waals surface area contributed by atoms with Crippen LogP contribution in [0.4, 0.5) is 5.69 Å². The molecule has 22 heavy (non-hydrogen) atoms. The number of nitrogens with one attached hydrogen (secondary N) is 1. The lowest BCUT2D eigenvalue weighted by Gasteiger charge is -2.11. The summed E-state index contributed by atoms with van der Waals surface area (Å²) in [5.41, 5.74) is 3.14. The van der Waals surface area contributed by atoms with Gasteiger partial charge in [0.05, 0.1) is 27.9 Å². The maximum absolute atomic E-state index is 12.6. The number of hydrogen-bond donors (Lipinski definition) is 1. The SMILES string of the molecule is CCc1ccccc1NS(=O)(=O)c1ccc2c(c1)ncn2C. The summed E-state index contributed by atoms with van der Waals surface area (Å²) in [6, 6.07) is 12.4. The van der Waals surface area contributed by atoms with Gasteiger partial charge in [0.2, 0.25) is 0 Å². The van der Waals surface area contributed by atoms with Crippen LogP contribution in [-0.4, -0.2) is 18.0 Å². The zero-order chi connectivity index (χ0) is 15.7. The van der Waals surface area contributed by atoms with Gasteiger partial charge in [-0.3, -0.25) is 4.72 Å². The largest absolute Gasteiger partial charge is 0.334 e. The van der Waals surface area contributed by atoms with Gasteiger partial charge in [-0.2, -0.15) is 0 Å². The van der Waals surface area contributed by atoms with Crippen LogP contribution in [0.1, 0.15) is 12.5 Å². The summed E-state index contributed by atoms with van der Waals surface area (Å²) >= 11 is 0. The van der Waals surface area contributed by atoms with Crippen LogP contribution in [0.2, 0.25) is 0 Å². The molecule has 3 aromatic rings. The first-order valence-corrected chi connectivity index (χ1v) is 8.51. The van der Waals surface area contributed by atoms with Crippen molar-refractivity contribution in [2.24, 2.45) is 7.05 Å². The third-order valence-electron chi connectivity index (χ3n) is 3.65. The van der Waals surface area contributed by atoms with Crippen molar-refractivity contribution < 1.29 is 8.42 Å². The molecule has 0 unspecified atom stereocenters. The summed E-state index contributed by atoms with van der Waals surface area (Å²) in [4.78, 5) is 4.42. The van der Waals surface area contributed by atoms with Gasteiger partial charge in [-0.15, -0.1) is 0 Å². The zero-order valence-electron chi connectivity index (χ0n) is 12.4. The highest BCUT2D eigenvalue weighted by Gasteiger charge is 2.16. The minimum absolute atomic E-state index is 0.213. The average molecular weight is 315 g/mol. The molecule has 0 bridgehead atoms. The van der Waals surface area contributed by atoms with E-state index < -0.39 is 10.0 Å². The third kappa shape index (κ3) is 2.57. The smallest absolute Gasteiger partial charge is 0.261 e. The lowest BCUT2D eigenvalue weighted by atomic mass is 10.1. The number of hydrogen-bond acceptors (Lipinski definition) is 3. The van der Waals surface area contributed by atoms with E-state index in [0.717, 1.165) is 17.5 Å². The van der Waals surface area contributed by atoms with Gasteiger partial charge in [-0.05, 0) is 36.2 Å². The van der Waals surface area contributed by atoms with Gasteiger partial charge in [0.15, 0.2) is 0 Å². The van der Waals surface area contributed by atoms with Crippen LogP contribution in [0.25, 0.3) is 11.0 Å². The van der Waals surface area contributed by atoms with E-state index in [0.29, 0.717) is 11.2 Å². The third-order valence-corrected chi connectivity index (χ3v) is 5.01. The molecule has 0 radical (unpaired) electrons. The Hall–Kier alpha value is -2.34. The fraction of sp³-hybridized carbons (Fsp3) is 0.188. The highest BCUT2D eigenvalue weighted by Crippen LogP contribution is 2.22. The standard InChI is InChI=1S/C16H17N3O2S/c1-3-12-6-4-5-7-14(12)18-22(20,21)13-8-9-16-15(10-13)17-11-19(16)2/h4-11,18H,3H2,1-2H3. The summed E-state index contributed by atoms with van der Waals surface area (Å²) in [5, 5.41) is 0. The van der Waals surface area contributed by atoms with E-state index in [1.807, 2.05) is 36.7 Å². The van der Waals surface area contributed by atoms with Crippen LogP contribution in [0.15, 0.2) is 53.7 Å². The maximum Gasteiger partial charge on any atom is 0.261 e. The second-order valence-corrected chi connectivity index (χ2v) is 6.80. The molecule has 3 rings (SSSR count). The fourth-order valence-corrected chi connectivity index (χ4v) is 3.54. The first-order chi connectivity index (χ1) is 10.5. The number of nitrogens with zero attached hydrogens (tertiary/aromatic N) is 2.